The first-order valence-corrected chi connectivity index (χ1v) is 6.29. The van der Waals surface area contributed by atoms with Crippen LogP contribution in [0.15, 0.2) is 18.2 Å². The lowest BCUT2D eigenvalue weighted by Crippen LogP contribution is -2.23. The highest BCUT2D eigenvalue weighted by molar-refractivity contribution is 7.20. The molecule has 0 atom stereocenters. The van der Waals surface area contributed by atoms with Crippen LogP contribution in [0.4, 0.5) is 0 Å². The Morgan fingerprint density at radius 1 is 1.53 bits per heavy atom. The molecule has 17 heavy (non-hydrogen) atoms. The van der Waals surface area contributed by atoms with E-state index in [0.717, 1.165) is 22.4 Å². The van der Waals surface area contributed by atoms with E-state index in [1.807, 2.05) is 25.1 Å². The van der Waals surface area contributed by atoms with Gasteiger partial charge in [-0.05, 0) is 24.6 Å². The fourth-order valence-corrected chi connectivity index (χ4v) is 2.35. The maximum atomic E-state index is 11.7. The van der Waals surface area contributed by atoms with E-state index >= 15 is 0 Å². The number of fused-ring (bicyclic) bond motifs is 1. The third-order valence-corrected chi connectivity index (χ3v) is 3.34. The predicted octanol–water partition coefficient (Wildman–Crippen LogP) is 2.44. The molecule has 1 amide bonds. The minimum Gasteiger partial charge on any atom is -0.497 e. The van der Waals surface area contributed by atoms with E-state index in [0.29, 0.717) is 11.6 Å². The second kappa shape index (κ2) is 5.14. The quantitative estimate of drug-likeness (QED) is 0.906. The van der Waals surface area contributed by atoms with E-state index in [9.17, 15) is 4.79 Å². The van der Waals surface area contributed by atoms with Crippen LogP contribution in [0.5, 0.6) is 5.75 Å². The Labute approximate surface area is 104 Å². The van der Waals surface area contributed by atoms with Gasteiger partial charge in [-0.15, -0.1) is 11.3 Å². The van der Waals surface area contributed by atoms with Gasteiger partial charge in [0.1, 0.15) is 5.75 Å². The van der Waals surface area contributed by atoms with E-state index in [1.165, 1.54) is 11.3 Å². The number of benzene rings is 1. The molecule has 1 aromatic carbocycles. The molecule has 1 heterocycles. The van der Waals surface area contributed by atoms with Crippen LogP contribution in [-0.2, 0) is 0 Å². The van der Waals surface area contributed by atoms with E-state index in [4.69, 9.17) is 4.74 Å². The van der Waals surface area contributed by atoms with Crippen LogP contribution < -0.4 is 10.1 Å². The molecule has 0 saturated carbocycles. The molecular weight excluding hydrogens is 236 g/mol. The summed E-state index contributed by atoms with van der Waals surface area (Å²) < 4.78 is 6.10. The van der Waals surface area contributed by atoms with Crippen molar-refractivity contribution in [2.24, 2.45) is 0 Å². The highest BCUT2D eigenvalue weighted by Crippen LogP contribution is 2.26. The SMILES string of the molecule is CCCNC(=O)c1nc2ccc(OC)cc2s1. The molecule has 0 aliphatic rings. The molecule has 2 aromatic rings. The first kappa shape index (κ1) is 11.9. The van der Waals surface area contributed by atoms with Gasteiger partial charge in [0, 0.05) is 6.54 Å². The number of aromatic nitrogens is 1. The average Bonchev–Trinajstić information content (AvgIpc) is 2.78. The van der Waals surface area contributed by atoms with Crippen LogP contribution in [0.1, 0.15) is 23.1 Å². The Balaban J connectivity index is 2.28. The number of nitrogens with zero attached hydrogens (tertiary/aromatic N) is 1. The average molecular weight is 250 g/mol. The molecule has 90 valence electrons. The summed E-state index contributed by atoms with van der Waals surface area (Å²) >= 11 is 1.38. The maximum Gasteiger partial charge on any atom is 0.280 e. The molecule has 0 saturated heterocycles. The molecule has 1 aromatic heterocycles. The van der Waals surface area contributed by atoms with Gasteiger partial charge < -0.3 is 10.1 Å². The highest BCUT2D eigenvalue weighted by Gasteiger charge is 2.11. The van der Waals surface area contributed by atoms with E-state index in [2.05, 4.69) is 10.3 Å². The molecule has 0 spiro atoms. The van der Waals surface area contributed by atoms with Crippen molar-refractivity contribution < 1.29 is 9.53 Å². The summed E-state index contributed by atoms with van der Waals surface area (Å²) in [6.07, 6.45) is 0.921. The molecule has 5 heteroatoms. The molecule has 0 unspecified atom stereocenters. The van der Waals surface area contributed by atoms with Gasteiger partial charge in [-0.25, -0.2) is 4.98 Å². The lowest BCUT2D eigenvalue weighted by atomic mass is 10.3. The Morgan fingerprint density at radius 3 is 3.06 bits per heavy atom. The van der Waals surface area contributed by atoms with Crippen molar-refractivity contribution in [1.29, 1.82) is 0 Å². The van der Waals surface area contributed by atoms with Crippen LogP contribution in [0, 0.1) is 0 Å². The van der Waals surface area contributed by atoms with E-state index < -0.39 is 0 Å². The summed E-state index contributed by atoms with van der Waals surface area (Å²) in [4.78, 5) is 16.0. The number of ether oxygens (including phenoxy) is 1. The van der Waals surface area contributed by atoms with Crippen molar-refractivity contribution in [2.75, 3.05) is 13.7 Å². The van der Waals surface area contributed by atoms with Crippen LogP contribution in [-0.4, -0.2) is 24.5 Å². The molecule has 2 rings (SSSR count). The Bertz CT molecular complexity index is 536. The molecule has 0 aliphatic carbocycles. The van der Waals surface area contributed by atoms with Crippen LogP contribution >= 0.6 is 11.3 Å². The highest BCUT2D eigenvalue weighted by atomic mass is 32.1. The van der Waals surface area contributed by atoms with Gasteiger partial charge in [-0.2, -0.15) is 0 Å². The second-order valence-corrected chi connectivity index (χ2v) is 4.64. The number of amides is 1. The number of hydrogen-bond acceptors (Lipinski definition) is 4. The zero-order valence-electron chi connectivity index (χ0n) is 9.82. The van der Waals surface area contributed by atoms with Crippen LogP contribution in [0.25, 0.3) is 10.2 Å². The number of rotatable bonds is 4. The smallest absolute Gasteiger partial charge is 0.280 e. The van der Waals surface area contributed by atoms with Gasteiger partial charge in [-0.1, -0.05) is 6.92 Å². The molecular formula is C12H14N2O2S. The fraction of sp³-hybridized carbons (Fsp3) is 0.333. The number of hydrogen-bond donors (Lipinski definition) is 1. The first-order valence-electron chi connectivity index (χ1n) is 5.47. The van der Waals surface area contributed by atoms with Crippen molar-refractivity contribution in [3.05, 3.63) is 23.2 Å². The minimum atomic E-state index is -0.105. The normalized spacial score (nSPS) is 10.5. The summed E-state index contributed by atoms with van der Waals surface area (Å²) in [5.41, 5.74) is 0.831. The van der Waals surface area contributed by atoms with Crippen molar-refractivity contribution in [2.45, 2.75) is 13.3 Å². The van der Waals surface area contributed by atoms with Gasteiger partial charge in [0.15, 0.2) is 5.01 Å². The third-order valence-electron chi connectivity index (χ3n) is 2.33. The Hall–Kier alpha value is -1.62. The molecule has 0 aliphatic heterocycles. The minimum absolute atomic E-state index is 0.105. The number of carbonyl (C=O) groups is 1. The summed E-state index contributed by atoms with van der Waals surface area (Å²) in [7, 11) is 1.62. The molecule has 0 bridgehead atoms. The zero-order chi connectivity index (χ0) is 12.3. The Kier molecular flexibility index (Phi) is 3.58. The number of carbonyl (C=O) groups excluding carboxylic acids is 1. The number of methoxy groups -OCH3 is 1. The van der Waals surface area contributed by atoms with Crippen molar-refractivity contribution >= 4 is 27.5 Å². The van der Waals surface area contributed by atoms with Crippen LogP contribution in [0.3, 0.4) is 0 Å². The lowest BCUT2D eigenvalue weighted by molar-refractivity contribution is 0.0953. The third kappa shape index (κ3) is 2.55. The fourth-order valence-electron chi connectivity index (χ4n) is 1.44. The monoisotopic (exact) mass is 250 g/mol. The van der Waals surface area contributed by atoms with Crippen molar-refractivity contribution in [3.63, 3.8) is 0 Å². The first-order chi connectivity index (χ1) is 8.24. The molecule has 0 fully saturated rings. The van der Waals surface area contributed by atoms with Crippen molar-refractivity contribution in [1.82, 2.24) is 10.3 Å². The largest absolute Gasteiger partial charge is 0.497 e. The van der Waals surface area contributed by atoms with Crippen LogP contribution in [0.2, 0.25) is 0 Å². The molecule has 4 nitrogen and oxygen atoms in total. The lowest BCUT2D eigenvalue weighted by Gasteiger charge is -1.97. The number of thiazole rings is 1. The van der Waals surface area contributed by atoms with Gasteiger partial charge in [-0.3, -0.25) is 4.79 Å². The Morgan fingerprint density at radius 2 is 2.35 bits per heavy atom. The van der Waals surface area contributed by atoms with E-state index in [1.54, 1.807) is 7.11 Å². The standard InChI is InChI=1S/C12H14N2O2S/c1-3-6-13-11(15)12-14-9-5-4-8(16-2)7-10(9)17-12/h4-5,7H,3,6H2,1-2H3,(H,13,15). The maximum absolute atomic E-state index is 11.7. The predicted molar refractivity (Wildman–Crippen MR) is 68.8 cm³/mol. The summed E-state index contributed by atoms with van der Waals surface area (Å²) in [6.45, 7) is 2.70. The number of nitrogens with one attached hydrogen (secondary N) is 1. The molecule has 0 radical (unpaired) electrons. The summed E-state index contributed by atoms with van der Waals surface area (Å²) in [5.74, 6) is 0.675. The van der Waals surface area contributed by atoms with Crippen molar-refractivity contribution in [3.8, 4) is 5.75 Å². The van der Waals surface area contributed by atoms with Gasteiger partial charge in [0.25, 0.3) is 5.91 Å². The van der Waals surface area contributed by atoms with Gasteiger partial charge in [0.2, 0.25) is 0 Å². The second-order valence-electron chi connectivity index (χ2n) is 3.61. The summed E-state index contributed by atoms with van der Waals surface area (Å²) in [5, 5.41) is 3.32. The summed E-state index contributed by atoms with van der Waals surface area (Å²) in [6, 6.07) is 5.60. The van der Waals surface area contributed by atoms with E-state index in [-0.39, 0.29) is 5.91 Å². The molecule has 1 N–H and O–H groups in total. The van der Waals surface area contributed by atoms with Gasteiger partial charge in [0.05, 0.1) is 17.3 Å². The van der Waals surface area contributed by atoms with Gasteiger partial charge >= 0.3 is 0 Å². The topological polar surface area (TPSA) is 51.2 Å². The zero-order valence-corrected chi connectivity index (χ0v) is 10.6.